The van der Waals surface area contributed by atoms with Crippen molar-refractivity contribution in [1.29, 1.82) is 0 Å². The lowest BCUT2D eigenvalue weighted by Crippen LogP contribution is -2.44. The lowest BCUT2D eigenvalue weighted by atomic mass is 9.78. The Hall–Kier alpha value is -0.710. The van der Waals surface area contributed by atoms with Crippen LogP contribution in [-0.2, 0) is 0 Å². The van der Waals surface area contributed by atoms with Gasteiger partial charge in [0, 0.05) is 29.8 Å². The molecule has 0 atom stereocenters. The summed E-state index contributed by atoms with van der Waals surface area (Å²) in [7, 11) is 0. The largest absolute Gasteiger partial charge is 0.339 e. The number of nitrogens with zero attached hydrogens (tertiary/aromatic N) is 1. The molecular weight excluding hydrogens is 328 g/mol. The Morgan fingerprint density at radius 2 is 1.91 bits per heavy atom. The predicted molar refractivity (Wildman–Crippen MR) is 99.7 cm³/mol. The molecule has 128 valence electrons. The number of carbonyl (C=O) groups is 1. The van der Waals surface area contributed by atoms with E-state index in [-0.39, 0.29) is 18.3 Å². The van der Waals surface area contributed by atoms with Crippen molar-refractivity contribution in [3.63, 3.8) is 0 Å². The second kappa shape index (κ2) is 7.91. The monoisotopic (exact) mass is 354 g/mol. The van der Waals surface area contributed by atoms with Gasteiger partial charge in [-0.25, -0.2) is 0 Å². The maximum absolute atomic E-state index is 12.9. The van der Waals surface area contributed by atoms with Crippen LogP contribution in [0.5, 0.6) is 0 Å². The smallest absolute Gasteiger partial charge is 0.254 e. The van der Waals surface area contributed by atoms with Crippen LogP contribution < -0.4 is 5.32 Å². The lowest BCUT2D eigenvalue weighted by molar-refractivity contribution is 0.0604. The number of nitrogens with one attached hydrogen (secondary N) is 1. The van der Waals surface area contributed by atoms with E-state index in [1.165, 1.54) is 6.42 Å². The summed E-state index contributed by atoms with van der Waals surface area (Å²) < 4.78 is 0. The zero-order valence-electron chi connectivity index (χ0n) is 14.0. The van der Waals surface area contributed by atoms with Crippen molar-refractivity contribution >= 4 is 30.1 Å². The van der Waals surface area contributed by atoms with E-state index < -0.39 is 0 Å². The zero-order valence-corrected chi connectivity index (χ0v) is 15.6. The van der Waals surface area contributed by atoms with E-state index in [4.69, 9.17) is 0 Å². The molecule has 0 bridgehead atoms. The molecule has 1 spiro atoms. The maximum Gasteiger partial charge on any atom is 0.254 e. The summed E-state index contributed by atoms with van der Waals surface area (Å²) in [6, 6.07) is 8.06. The van der Waals surface area contributed by atoms with Crippen molar-refractivity contribution in [3.05, 3.63) is 29.8 Å². The minimum Gasteiger partial charge on any atom is -0.339 e. The van der Waals surface area contributed by atoms with Gasteiger partial charge in [0.1, 0.15) is 0 Å². The second-order valence-electron chi connectivity index (χ2n) is 6.88. The van der Waals surface area contributed by atoms with Crippen molar-refractivity contribution in [2.75, 3.05) is 26.2 Å². The number of likely N-dealkylation sites (tertiary alicyclic amines) is 1. The molecule has 0 aliphatic carbocycles. The highest BCUT2D eigenvalue weighted by Gasteiger charge is 2.38. The molecule has 0 unspecified atom stereocenters. The van der Waals surface area contributed by atoms with Gasteiger partial charge in [-0.2, -0.15) is 0 Å². The molecule has 2 heterocycles. The number of halogens is 1. The molecule has 23 heavy (non-hydrogen) atoms. The predicted octanol–water partition coefficient (Wildman–Crippen LogP) is 3.82. The maximum atomic E-state index is 12.9. The van der Waals surface area contributed by atoms with Gasteiger partial charge in [-0.05, 0) is 43.4 Å². The third kappa shape index (κ3) is 4.23. The standard InChI is InChI=1S/C18H26N2OS.ClH/c1-14(2)22-16-6-4-3-5-15(16)17(21)20-11-8-18(9-12-20)7-10-19-13-18;/h3-6,14,19H,7-13H2,1-2H3;1H. The highest BCUT2D eigenvalue weighted by atomic mass is 35.5. The van der Waals surface area contributed by atoms with Crippen molar-refractivity contribution < 1.29 is 4.79 Å². The third-order valence-corrected chi connectivity index (χ3v) is 6.00. The molecule has 0 saturated carbocycles. The number of hydrogen-bond acceptors (Lipinski definition) is 3. The molecule has 0 aromatic heterocycles. The van der Waals surface area contributed by atoms with Crippen LogP contribution in [0.4, 0.5) is 0 Å². The van der Waals surface area contributed by atoms with E-state index in [1.807, 2.05) is 18.2 Å². The first-order valence-electron chi connectivity index (χ1n) is 8.35. The highest BCUT2D eigenvalue weighted by Crippen LogP contribution is 2.37. The molecule has 5 heteroatoms. The van der Waals surface area contributed by atoms with Gasteiger partial charge < -0.3 is 10.2 Å². The van der Waals surface area contributed by atoms with E-state index in [9.17, 15) is 4.79 Å². The van der Waals surface area contributed by atoms with Crippen LogP contribution in [0.1, 0.15) is 43.5 Å². The first-order valence-corrected chi connectivity index (χ1v) is 9.23. The van der Waals surface area contributed by atoms with Crippen LogP contribution in [0.2, 0.25) is 0 Å². The van der Waals surface area contributed by atoms with Gasteiger partial charge in [0.25, 0.3) is 5.91 Å². The fraction of sp³-hybridized carbons (Fsp3) is 0.611. The normalized spacial score (nSPS) is 19.9. The van der Waals surface area contributed by atoms with Crippen LogP contribution in [0.3, 0.4) is 0 Å². The average Bonchev–Trinajstić information content (AvgIpc) is 2.96. The molecular formula is C18H27ClN2OS. The van der Waals surface area contributed by atoms with Crippen molar-refractivity contribution in [3.8, 4) is 0 Å². The number of piperidine rings is 1. The van der Waals surface area contributed by atoms with Gasteiger partial charge in [-0.15, -0.1) is 24.2 Å². The number of amides is 1. The van der Waals surface area contributed by atoms with Crippen molar-refractivity contribution in [1.82, 2.24) is 10.2 Å². The molecule has 2 aliphatic heterocycles. The van der Waals surface area contributed by atoms with E-state index >= 15 is 0 Å². The SMILES string of the molecule is CC(C)Sc1ccccc1C(=O)N1CCC2(CCNC2)CC1.Cl. The molecule has 1 N–H and O–H groups in total. The van der Waals surface area contributed by atoms with Crippen molar-refractivity contribution in [2.24, 2.45) is 5.41 Å². The summed E-state index contributed by atoms with van der Waals surface area (Å²) >= 11 is 1.78. The van der Waals surface area contributed by atoms with Crippen LogP contribution in [0.15, 0.2) is 29.2 Å². The van der Waals surface area contributed by atoms with Crippen LogP contribution in [-0.4, -0.2) is 42.2 Å². The number of thioether (sulfide) groups is 1. The molecule has 3 nitrogen and oxygen atoms in total. The van der Waals surface area contributed by atoms with E-state index in [2.05, 4.69) is 30.1 Å². The van der Waals surface area contributed by atoms with Gasteiger partial charge in [0.05, 0.1) is 5.56 Å². The molecule has 2 aliphatic rings. The molecule has 2 fully saturated rings. The fourth-order valence-corrected chi connectivity index (χ4v) is 4.52. The minimum absolute atomic E-state index is 0. The van der Waals surface area contributed by atoms with E-state index in [1.54, 1.807) is 11.8 Å². The van der Waals surface area contributed by atoms with Gasteiger partial charge in [0.15, 0.2) is 0 Å². The molecule has 2 saturated heterocycles. The minimum atomic E-state index is 0. The highest BCUT2D eigenvalue weighted by molar-refractivity contribution is 8.00. The summed E-state index contributed by atoms with van der Waals surface area (Å²) in [4.78, 5) is 16.1. The Labute approximate surface area is 150 Å². The Kier molecular flexibility index (Phi) is 6.40. The molecule has 0 radical (unpaired) electrons. The lowest BCUT2D eigenvalue weighted by Gasteiger charge is -2.39. The topological polar surface area (TPSA) is 32.3 Å². The summed E-state index contributed by atoms with van der Waals surface area (Å²) in [6.45, 7) is 8.42. The van der Waals surface area contributed by atoms with E-state index in [0.717, 1.165) is 49.5 Å². The molecule has 3 rings (SSSR count). The number of benzene rings is 1. The van der Waals surface area contributed by atoms with Gasteiger partial charge >= 0.3 is 0 Å². The molecule has 1 aromatic rings. The van der Waals surface area contributed by atoms with Crippen molar-refractivity contribution in [2.45, 2.75) is 43.3 Å². The van der Waals surface area contributed by atoms with E-state index in [0.29, 0.717) is 10.7 Å². The number of carbonyl (C=O) groups excluding carboxylic acids is 1. The molecule has 1 amide bonds. The second-order valence-corrected chi connectivity index (χ2v) is 8.50. The quantitative estimate of drug-likeness (QED) is 0.837. The Morgan fingerprint density at radius 3 is 2.52 bits per heavy atom. The van der Waals surface area contributed by atoms with Crippen LogP contribution >= 0.6 is 24.2 Å². The number of hydrogen-bond donors (Lipinski definition) is 1. The first kappa shape index (κ1) is 18.6. The summed E-state index contributed by atoms with van der Waals surface area (Å²) in [5.74, 6) is 0.213. The average molecular weight is 355 g/mol. The Balaban J connectivity index is 0.00000192. The van der Waals surface area contributed by atoms with Crippen LogP contribution in [0, 0.1) is 5.41 Å². The van der Waals surface area contributed by atoms with Gasteiger partial charge in [-0.1, -0.05) is 26.0 Å². The third-order valence-electron chi connectivity index (χ3n) is 4.92. The Bertz CT molecular complexity index is 534. The summed E-state index contributed by atoms with van der Waals surface area (Å²) in [5.41, 5.74) is 1.34. The summed E-state index contributed by atoms with van der Waals surface area (Å²) in [5, 5.41) is 3.97. The number of rotatable bonds is 3. The van der Waals surface area contributed by atoms with Crippen LogP contribution in [0.25, 0.3) is 0 Å². The summed E-state index contributed by atoms with van der Waals surface area (Å²) in [6.07, 6.45) is 3.56. The molecule has 1 aromatic carbocycles. The first-order chi connectivity index (χ1) is 10.6. The van der Waals surface area contributed by atoms with Gasteiger partial charge in [0.2, 0.25) is 0 Å². The van der Waals surface area contributed by atoms with Gasteiger partial charge in [-0.3, -0.25) is 4.79 Å². The fourth-order valence-electron chi connectivity index (χ4n) is 3.58. The Morgan fingerprint density at radius 1 is 1.22 bits per heavy atom. The zero-order chi connectivity index (χ0) is 15.6.